The Morgan fingerprint density at radius 3 is 1.42 bits per heavy atom. The smallest absolute Gasteiger partial charge is 0.125 e. The molecule has 0 heterocycles. The van der Waals surface area contributed by atoms with Gasteiger partial charge in [0.15, 0.2) is 0 Å². The van der Waals surface area contributed by atoms with Gasteiger partial charge in [0.2, 0.25) is 0 Å². The summed E-state index contributed by atoms with van der Waals surface area (Å²) in [6.45, 7) is 14.4. The van der Waals surface area contributed by atoms with Gasteiger partial charge in [-0.05, 0) is 73.6 Å². The van der Waals surface area contributed by atoms with Gasteiger partial charge in [-0.15, -0.1) is 5.54 Å². The summed E-state index contributed by atoms with van der Waals surface area (Å²) in [5.74, 6) is 3.92. The zero-order chi connectivity index (χ0) is 31.6. The molecule has 0 bridgehead atoms. The van der Waals surface area contributed by atoms with Crippen LogP contribution in [-0.4, -0.2) is 8.07 Å². The van der Waals surface area contributed by atoms with E-state index in [1.165, 1.54) is 48.6 Å². The van der Waals surface area contributed by atoms with E-state index < -0.39 is 16.0 Å². The topological polar surface area (TPSA) is 0 Å². The van der Waals surface area contributed by atoms with E-state index in [9.17, 15) is 0 Å². The van der Waals surface area contributed by atoms with Crippen LogP contribution in [0, 0.1) is 11.5 Å². The number of fused-ring (bicyclic) bond motifs is 2. The highest BCUT2D eigenvalue weighted by Gasteiger charge is 2.41. The number of hydrogen-bond acceptors (Lipinski definition) is 0. The molecule has 0 fully saturated rings. The molecular weight excluding hydrogens is 576 g/mol. The van der Waals surface area contributed by atoms with Gasteiger partial charge >= 0.3 is 0 Å². The molecule has 0 atom stereocenters. The van der Waals surface area contributed by atoms with Crippen molar-refractivity contribution >= 4 is 53.5 Å². The van der Waals surface area contributed by atoms with Crippen molar-refractivity contribution in [2.24, 2.45) is 0 Å². The summed E-state index contributed by atoms with van der Waals surface area (Å²) in [5.41, 5.74) is 9.53. The van der Waals surface area contributed by atoms with Gasteiger partial charge < -0.3 is 0 Å². The van der Waals surface area contributed by atoms with Crippen molar-refractivity contribution in [3.05, 3.63) is 139 Å². The largest absolute Gasteiger partial charge is 0.146 e. The van der Waals surface area contributed by atoms with Crippen LogP contribution < -0.4 is 15.9 Å². The third-order valence-electron chi connectivity index (χ3n) is 9.64. The van der Waals surface area contributed by atoms with Crippen LogP contribution >= 0.6 is 7.92 Å². The van der Waals surface area contributed by atoms with E-state index in [0.717, 1.165) is 5.56 Å². The standard InChI is InChI=1S/C43H43PSi/c1-31(2)45(32(3)4,33(5)6)30-29-36-26-25-34-17-13-15-23-39(34)42(36)43-40-24-16-14-18-35(40)27-28-41(43)44(37-19-9-7-10-20-37)38-21-11-8-12-22-38/h7-28,31-33H,1-6H3. The predicted molar refractivity (Wildman–Crippen MR) is 204 cm³/mol. The van der Waals surface area contributed by atoms with Crippen molar-refractivity contribution in [1.82, 2.24) is 0 Å². The maximum absolute atomic E-state index is 4.08. The van der Waals surface area contributed by atoms with Crippen LogP contribution in [0.4, 0.5) is 0 Å². The van der Waals surface area contributed by atoms with E-state index in [4.69, 9.17) is 0 Å². The Labute approximate surface area is 272 Å². The molecule has 6 aromatic carbocycles. The van der Waals surface area contributed by atoms with Crippen LogP contribution in [0.25, 0.3) is 32.7 Å². The van der Waals surface area contributed by atoms with Gasteiger partial charge in [-0.2, -0.15) is 0 Å². The Morgan fingerprint density at radius 2 is 0.911 bits per heavy atom. The van der Waals surface area contributed by atoms with Crippen LogP contribution in [0.1, 0.15) is 47.1 Å². The first-order chi connectivity index (χ1) is 21.8. The lowest BCUT2D eigenvalue weighted by Crippen LogP contribution is -2.43. The molecule has 0 aliphatic rings. The van der Waals surface area contributed by atoms with Crippen molar-refractivity contribution in [1.29, 1.82) is 0 Å². The second-order valence-corrected chi connectivity index (χ2v) is 20.8. The van der Waals surface area contributed by atoms with Crippen LogP contribution in [-0.2, 0) is 0 Å². The summed E-state index contributed by atoms with van der Waals surface area (Å²) in [6, 6.07) is 49.2. The molecule has 224 valence electrons. The molecule has 0 aliphatic carbocycles. The van der Waals surface area contributed by atoms with E-state index >= 15 is 0 Å². The summed E-state index contributed by atoms with van der Waals surface area (Å²) >= 11 is 0. The molecule has 2 heteroatoms. The highest BCUT2D eigenvalue weighted by atomic mass is 31.1. The third-order valence-corrected chi connectivity index (χ3v) is 18.4. The molecular formula is C43H43PSi. The van der Waals surface area contributed by atoms with E-state index in [0.29, 0.717) is 16.6 Å². The van der Waals surface area contributed by atoms with Crippen molar-refractivity contribution in [2.45, 2.75) is 58.2 Å². The highest BCUT2D eigenvalue weighted by molar-refractivity contribution is 7.80. The average Bonchev–Trinajstić information content (AvgIpc) is 3.05. The lowest BCUT2D eigenvalue weighted by Gasteiger charge is -2.38. The summed E-state index contributed by atoms with van der Waals surface area (Å²) in [7, 11) is -2.79. The Hall–Kier alpha value is -3.95. The van der Waals surface area contributed by atoms with Crippen molar-refractivity contribution < 1.29 is 0 Å². The molecule has 0 aromatic heterocycles. The zero-order valence-corrected chi connectivity index (χ0v) is 29.3. The maximum atomic E-state index is 4.08. The SMILES string of the molecule is CC(C)[Si](C#Cc1ccc2ccccc2c1-c1c(P(c2ccccc2)c2ccccc2)ccc2ccccc12)(C(C)C)C(C)C. The second kappa shape index (κ2) is 13.2. The number of benzene rings is 6. The molecule has 0 saturated carbocycles. The van der Waals surface area contributed by atoms with Gasteiger partial charge in [0.05, 0.1) is 0 Å². The van der Waals surface area contributed by atoms with Crippen molar-refractivity contribution in [3.63, 3.8) is 0 Å². The minimum absolute atomic E-state index is 0.575. The van der Waals surface area contributed by atoms with Gasteiger partial charge in [-0.25, -0.2) is 0 Å². The Bertz CT molecular complexity index is 1930. The monoisotopic (exact) mass is 618 g/mol. The van der Waals surface area contributed by atoms with E-state index in [1.54, 1.807) is 0 Å². The summed E-state index contributed by atoms with van der Waals surface area (Å²) < 4.78 is 0. The maximum Gasteiger partial charge on any atom is 0.146 e. The van der Waals surface area contributed by atoms with Crippen LogP contribution in [0.15, 0.2) is 133 Å². The molecule has 0 saturated heterocycles. The summed E-state index contributed by atoms with van der Waals surface area (Å²) in [5, 5.41) is 9.15. The summed E-state index contributed by atoms with van der Waals surface area (Å²) in [4.78, 5) is 0. The first-order valence-corrected chi connectivity index (χ1v) is 19.9. The second-order valence-electron chi connectivity index (χ2n) is 13.0. The first kappa shape index (κ1) is 31.0. The predicted octanol–water partition coefficient (Wildman–Crippen LogP) is 11.0. The van der Waals surface area contributed by atoms with Crippen molar-refractivity contribution in [2.75, 3.05) is 0 Å². The van der Waals surface area contributed by atoms with Gasteiger partial charge in [0.25, 0.3) is 0 Å². The zero-order valence-electron chi connectivity index (χ0n) is 27.4. The van der Waals surface area contributed by atoms with Gasteiger partial charge in [-0.1, -0.05) is 175 Å². The quantitative estimate of drug-likeness (QED) is 0.0949. The normalized spacial score (nSPS) is 12.0. The molecule has 0 unspecified atom stereocenters. The van der Waals surface area contributed by atoms with Gasteiger partial charge in [0, 0.05) is 11.1 Å². The molecule has 6 aromatic rings. The van der Waals surface area contributed by atoms with Crippen LogP contribution in [0.5, 0.6) is 0 Å². The Kier molecular flexibility index (Phi) is 9.10. The number of hydrogen-bond donors (Lipinski definition) is 0. The third kappa shape index (κ3) is 5.79. The fourth-order valence-corrected chi connectivity index (χ4v) is 15.2. The van der Waals surface area contributed by atoms with Gasteiger partial charge in [-0.3, -0.25) is 0 Å². The molecule has 0 amide bonds. The van der Waals surface area contributed by atoms with E-state index in [-0.39, 0.29) is 0 Å². The minimum Gasteiger partial charge on any atom is -0.125 e. The average molecular weight is 619 g/mol. The fraction of sp³-hybridized carbons (Fsp3) is 0.209. The minimum atomic E-state index is -1.95. The molecule has 0 radical (unpaired) electrons. The molecule has 0 spiro atoms. The lowest BCUT2D eigenvalue weighted by molar-refractivity contribution is 0.838. The molecule has 0 nitrogen and oxygen atoms in total. The molecule has 6 rings (SSSR count). The highest BCUT2D eigenvalue weighted by Crippen LogP contribution is 2.44. The van der Waals surface area contributed by atoms with Crippen LogP contribution in [0.2, 0.25) is 16.6 Å². The van der Waals surface area contributed by atoms with E-state index in [1.807, 2.05) is 0 Å². The lowest BCUT2D eigenvalue weighted by atomic mass is 9.90. The number of rotatable bonds is 7. The molecule has 45 heavy (non-hydrogen) atoms. The molecule has 0 aliphatic heterocycles. The Morgan fingerprint density at radius 1 is 0.467 bits per heavy atom. The molecule has 0 N–H and O–H groups in total. The van der Waals surface area contributed by atoms with Crippen LogP contribution in [0.3, 0.4) is 0 Å². The summed E-state index contributed by atoms with van der Waals surface area (Å²) in [6.07, 6.45) is 0. The fourth-order valence-electron chi connectivity index (χ4n) is 7.54. The van der Waals surface area contributed by atoms with Gasteiger partial charge in [0.1, 0.15) is 8.07 Å². The first-order valence-electron chi connectivity index (χ1n) is 16.3. The van der Waals surface area contributed by atoms with Crippen molar-refractivity contribution in [3.8, 4) is 22.6 Å². The van der Waals surface area contributed by atoms with E-state index in [2.05, 4.69) is 186 Å². The Balaban J connectivity index is 1.75.